The second-order valence-electron chi connectivity index (χ2n) is 4.62. The third-order valence-electron chi connectivity index (χ3n) is 3.21. The molecule has 0 aliphatic carbocycles. The molecular formula is C15H15N3O2. The SMILES string of the molecule is CN1CCOc2ccc(NC(=O)c3ccccn3)cc21. The lowest BCUT2D eigenvalue weighted by molar-refractivity contribution is 0.102. The number of nitrogens with one attached hydrogen (secondary N) is 1. The highest BCUT2D eigenvalue weighted by molar-refractivity contribution is 6.03. The quantitative estimate of drug-likeness (QED) is 0.907. The van der Waals surface area contributed by atoms with E-state index < -0.39 is 0 Å². The van der Waals surface area contributed by atoms with Crippen LogP contribution in [0.5, 0.6) is 5.75 Å². The van der Waals surface area contributed by atoms with Gasteiger partial charge < -0.3 is 15.0 Å². The molecule has 0 spiro atoms. The molecule has 0 fully saturated rings. The Labute approximate surface area is 117 Å². The number of anilines is 2. The lowest BCUT2D eigenvalue weighted by Crippen LogP contribution is -2.28. The molecule has 0 bridgehead atoms. The zero-order valence-corrected chi connectivity index (χ0v) is 11.2. The van der Waals surface area contributed by atoms with E-state index >= 15 is 0 Å². The van der Waals surface area contributed by atoms with Gasteiger partial charge >= 0.3 is 0 Å². The summed E-state index contributed by atoms with van der Waals surface area (Å²) in [7, 11) is 2.01. The first-order valence-electron chi connectivity index (χ1n) is 6.44. The van der Waals surface area contributed by atoms with Crippen LogP contribution in [0.4, 0.5) is 11.4 Å². The first-order chi connectivity index (χ1) is 9.74. The molecule has 5 heteroatoms. The van der Waals surface area contributed by atoms with Gasteiger partial charge in [-0.15, -0.1) is 0 Å². The monoisotopic (exact) mass is 269 g/mol. The normalized spacial score (nSPS) is 13.3. The van der Waals surface area contributed by atoms with Gasteiger partial charge in [-0.3, -0.25) is 9.78 Å². The number of carbonyl (C=O) groups excluding carboxylic acids is 1. The summed E-state index contributed by atoms with van der Waals surface area (Å²) in [6.07, 6.45) is 1.60. The second-order valence-corrected chi connectivity index (χ2v) is 4.62. The van der Waals surface area contributed by atoms with Gasteiger partial charge in [-0.1, -0.05) is 6.07 Å². The van der Waals surface area contributed by atoms with Crippen LogP contribution in [-0.2, 0) is 0 Å². The van der Waals surface area contributed by atoms with E-state index in [0.717, 1.165) is 23.7 Å². The van der Waals surface area contributed by atoms with Gasteiger partial charge in [0, 0.05) is 18.9 Å². The molecule has 20 heavy (non-hydrogen) atoms. The first-order valence-corrected chi connectivity index (χ1v) is 6.44. The number of aromatic nitrogens is 1. The second kappa shape index (κ2) is 5.21. The van der Waals surface area contributed by atoms with Gasteiger partial charge in [0.25, 0.3) is 5.91 Å². The smallest absolute Gasteiger partial charge is 0.274 e. The van der Waals surface area contributed by atoms with Gasteiger partial charge in [0.1, 0.15) is 18.1 Å². The van der Waals surface area contributed by atoms with Gasteiger partial charge in [0.05, 0.1) is 12.2 Å². The fraction of sp³-hybridized carbons (Fsp3) is 0.200. The van der Waals surface area contributed by atoms with E-state index in [2.05, 4.69) is 15.2 Å². The van der Waals surface area contributed by atoms with Crippen molar-refractivity contribution in [3.63, 3.8) is 0 Å². The fourth-order valence-electron chi connectivity index (χ4n) is 2.12. The summed E-state index contributed by atoms with van der Waals surface area (Å²) in [4.78, 5) is 18.2. The molecular weight excluding hydrogens is 254 g/mol. The van der Waals surface area contributed by atoms with Crippen molar-refractivity contribution in [3.05, 3.63) is 48.3 Å². The number of nitrogens with zero attached hydrogens (tertiary/aromatic N) is 2. The summed E-state index contributed by atoms with van der Waals surface area (Å²) in [5.74, 6) is 0.625. The zero-order chi connectivity index (χ0) is 13.9. The number of amides is 1. The molecule has 0 saturated carbocycles. The van der Waals surface area contributed by atoms with Crippen LogP contribution in [0.1, 0.15) is 10.5 Å². The van der Waals surface area contributed by atoms with Crippen LogP contribution in [0, 0.1) is 0 Å². The van der Waals surface area contributed by atoms with E-state index in [4.69, 9.17) is 4.74 Å². The highest BCUT2D eigenvalue weighted by Crippen LogP contribution is 2.33. The Kier molecular flexibility index (Phi) is 3.25. The Morgan fingerprint density at radius 2 is 2.25 bits per heavy atom. The van der Waals surface area contributed by atoms with Crippen molar-refractivity contribution in [2.45, 2.75) is 0 Å². The lowest BCUT2D eigenvalue weighted by atomic mass is 10.2. The highest BCUT2D eigenvalue weighted by atomic mass is 16.5. The number of carbonyl (C=O) groups is 1. The van der Waals surface area contributed by atoms with E-state index in [-0.39, 0.29) is 5.91 Å². The van der Waals surface area contributed by atoms with Crippen molar-refractivity contribution >= 4 is 17.3 Å². The summed E-state index contributed by atoms with van der Waals surface area (Å²) in [6.45, 7) is 1.52. The van der Waals surface area contributed by atoms with Gasteiger partial charge in [-0.05, 0) is 30.3 Å². The molecule has 1 aromatic carbocycles. The van der Waals surface area contributed by atoms with Crippen molar-refractivity contribution in [1.82, 2.24) is 4.98 Å². The number of ether oxygens (including phenoxy) is 1. The van der Waals surface area contributed by atoms with Crippen molar-refractivity contribution < 1.29 is 9.53 Å². The predicted octanol–water partition coefficient (Wildman–Crippen LogP) is 2.16. The summed E-state index contributed by atoms with van der Waals surface area (Å²) in [6, 6.07) is 10.9. The third-order valence-corrected chi connectivity index (χ3v) is 3.21. The maximum Gasteiger partial charge on any atom is 0.274 e. The topological polar surface area (TPSA) is 54.5 Å². The van der Waals surface area contributed by atoms with Crippen LogP contribution < -0.4 is 15.0 Å². The Morgan fingerprint density at radius 3 is 3.05 bits per heavy atom. The standard InChI is InChI=1S/C15H15N3O2/c1-18-8-9-20-14-6-5-11(10-13(14)18)17-15(19)12-4-2-3-7-16-12/h2-7,10H,8-9H2,1H3,(H,17,19). The fourth-order valence-corrected chi connectivity index (χ4v) is 2.12. The molecule has 1 aromatic heterocycles. The van der Waals surface area contributed by atoms with Crippen molar-refractivity contribution in [2.75, 3.05) is 30.4 Å². The average molecular weight is 269 g/mol. The Balaban J connectivity index is 1.82. The molecule has 2 aromatic rings. The minimum atomic E-state index is -0.218. The molecule has 1 aliphatic rings. The summed E-state index contributed by atoms with van der Waals surface area (Å²) < 4.78 is 5.57. The predicted molar refractivity (Wildman–Crippen MR) is 77.4 cm³/mol. The van der Waals surface area contributed by atoms with Gasteiger partial charge in [0.15, 0.2) is 0 Å². The molecule has 1 aliphatic heterocycles. The Bertz CT molecular complexity index is 628. The number of hydrogen-bond acceptors (Lipinski definition) is 4. The van der Waals surface area contributed by atoms with Crippen molar-refractivity contribution in [2.24, 2.45) is 0 Å². The molecule has 5 nitrogen and oxygen atoms in total. The van der Waals surface area contributed by atoms with Gasteiger partial charge in [-0.25, -0.2) is 0 Å². The summed E-state index contributed by atoms with van der Waals surface area (Å²) in [5.41, 5.74) is 2.11. The molecule has 3 rings (SSSR count). The minimum absolute atomic E-state index is 0.218. The van der Waals surface area contributed by atoms with E-state index in [1.165, 1.54) is 0 Å². The van der Waals surface area contributed by atoms with Crippen LogP contribution in [0.3, 0.4) is 0 Å². The van der Waals surface area contributed by atoms with Crippen LogP contribution in [0.25, 0.3) is 0 Å². The third kappa shape index (κ3) is 2.42. The number of pyridine rings is 1. The van der Waals surface area contributed by atoms with E-state index in [9.17, 15) is 4.79 Å². The Hall–Kier alpha value is -2.56. The van der Waals surface area contributed by atoms with Crippen molar-refractivity contribution in [3.8, 4) is 5.75 Å². The molecule has 1 amide bonds. The lowest BCUT2D eigenvalue weighted by Gasteiger charge is -2.28. The zero-order valence-electron chi connectivity index (χ0n) is 11.2. The van der Waals surface area contributed by atoms with Crippen LogP contribution in [0.2, 0.25) is 0 Å². The number of likely N-dealkylation sites (N-methyl/N-ethyl adjacent to an activating group) is 1. The maximum atomic E-state index is 12.0. The number of benzene rings is 1. The Morgan fingerprint density at radius 1 is 1.35 bits per heavy atom. The van der Waals surface area contributed by atoms with E-state index in [0.29, 0.717) is 12.3 Å². The molecule has 2 heterocycles. The van der Waals surface area contributed by atoms with E-state index in [1.807, 2.05) is 25.2 Å². The van der Waals surface area contributed by atoms with Crippen molar-refractivity contribution in [1.29, 1.82) is 0 Å². The number of fused-ring (bicyclic) bond motifs is 1. The molecule has 0 unspecified atom stereocenters. The molecule has 0 atom stereocenters. The van der Waals surface area contributed by atoms with Gasteiger partial charge in [-0.2, -0.15) is 0 Å². The van der Waals surface area contributed by atoms with E-state index in [1.54, 1.807) is 24.4 Å². The molecule has 1 N–H and O–H groups in total. The first kappa shape index (κ1) is 12.5. The molecule has 0 saturated heterocycles. The maximum absolute atomic E-state index is 12.0. The minimum Gasteiger partial charge on any atom is -0.490 e. The highest BCUT2D eigenvalue weighted by Gasteiger charge is 2.16. The number of rotatable bonds is 2. The number of hydrogen-bond donors (Lipinski definition) is 1. The largest absolute Gasteiger partial charge is 0.490 e. The summed E-state index contributed by atoms with van der Waals surface area (Å²) in [5, 5.41) is 2.85. The van der Waals surface area contributed by atoms with Crippen LogP contribution in [-0.4, -0.2) is 31.1 Å². The van der Waals surface area contributed by atoms with Crippen LogP contribution in [0.15, 0.2) is 42.6 Å². The molecule has 0 radical (unpaired) electrons. The van der Waals surface area contributed by atoms with Crippen LogP contribution >= 0.6 is 0 Å². The molecule has 102 valence electrons. The average Bonchev–Trinajstić information content (AvgIpc) is 2.49. The van der Waals surface area contributed by atoms with Gasteiger partial charge in [0.2, 0.25) is 0 Å². The summed E-state index contributed by atoms with van der Waals surface area (Å²) >= 11 is 0.